The van der Waals surface area contributed by atoms with Gasteiger partial charge in [0.05, 0.1) is 18.6 Å². The molecule has 1 aromatic rings. The van der Waals surface area contributed by atoms with Gasteiger partial charge in [-0.2, -0.15) is 0 Å². The van der Waals surface area contributed by atoms with Crippen molar-refractivity contribution in [1.29, 1.82) is 0 Å². The zero-order valence-electron chi connectivity index (χ0n) is 8.57. The molecule has 1 amide bonds. The molecule has 1 heterocycles. The van der Waals surface area contributed by atoms with Crippen LogP contribution in [0.15, 0.2) is 12.5 Å². The molecule has 0 radical (unpaired) electrons. The topological polar surface area (TPSA) is 95.1 Å². The SMILES string of the molecule is CC(C)(C(=O)O)C(=O)NCc1cnc[nH]1. The van der Waals surface area contributed by atoms with Crippen LogP contribution in [0.5, 0.6) is 0 Å². The van der Waals surface area contributed by atoms with Gasteiger partial charge in [0, 0.05) is 6.20 Å². The summed E-state index contributed by atoms with van der Waals surface area (Å²) in [6, 6.07) is 0. The second kappa shape index (κ2) is 4.12. The van der Waals surface area contributed by atoms with Crippen molar-refractivity contribution in [2.75, 3.05) is 0 Å². The Morgan fingerprint density at radius 3 is 2.73 bits per heavy atom. The summed E-state index contributed by atoms with van der Waals surface area (Å²) in [6.45, 7) is 2.96. The minimum Gasteiger partial charge on any atom is -0.480 e. The summed E-state index contributed by atoms with van der Waals surface area (Å²) in [5.74, 6) is -1.67. The lowest BCUT2D eigenvalue weighted by Gasteiger charge is -2.17. The fourth-order valence-electron chi connectivity index (χ4n) is 0.875. The second-order valence-electron chi connectivity index (χ2n) is 3.69. The van der Waals surface area contributed by atoms with Crippen molar-refractivity contribution in [1.82, 2.24) is 15.3 Å². The number of amides is 1. The van der Waals surface area contributed by atoms with E-state index >= 15 is 0 Å². The number of carbonyl (C=O) groups is 2. The highest BCUT2D eigenvalue weighted by Crippen LogP contribution is 2.15. The standard InChI is InChI=1S/C9H13N3O3/c1-9(2,8(14)15)7(13)11-4-6-3-10-5-12-6/h3,5H,4H2,1-2H3,(H,10,12)(H,11,13)(H,14,15). The summed E-state index contributed by atoms with van der Waals surface area (Å²) in [5, 5.41) is 11.3. The van der Waals surface area contributed by atoms with Gasteiger partial charge in [0.2, 0.25) is 5.91 Å². The third kappa shape index (κ3) is 2.55. The van der Waals surface area contributed by atoms with E-state index in [0.29, 0.717) is 0 Å². The molecule has 0 fully saturated rings. The minimum atomic E-state index is -1.42. The Morgan fingerprint density at radius 1 is 1.60 bits per heavy atom. The molecule has 0 aliphatic heterocycles. The van der Waals surface area contributed by atoms with Crippen LogP contribution in [-0.4, -0.2) is 27.0 Å². The molecule has 0 aliphatic carbocycles. The normalized spacial score (nSPS) is 11.1. The summed E-state index contributed by atoms with van der Waals surface area (Å²) in [5.41, 5.74) is -0.690. The largest absolute Gasteiger partial charge is 0.480 e. The maximum Gasteiger partial charge on any atom is 0.318 e. The van der Waals surface area contributed by atoms with E-state index in [0.717, 1.165) is 5.69 Å². The molecule has 82 valence electrons. The van der Waals surface area contributed by atoms with E-state index in [-0.39, 0.29) is 6.54 Å². The molecule has 0 aliphatic rings. The molecular formula is C9H13N3O3. The minimum absolute atomic E-state index is 0.246. The monoisotopic (exact) mass is 211 g/mol. The summed E-state index contributed by atoms with van der Waals surface area (Å²) in [6.07, 6.45) is 3.05. The maximum atomic E-state index is 11.5. The van der Waals surface area contributed by atoms with Crippen LogP contribution >= 0.6 is 0 Å². The molecule has 1 rings (SSSR count). The number of hydrogen-bond acceptors (Lipinski definition) is 3. The van der Waals surface area contributed by atoms with E-state index in [2.05, 4.69) is 15.3 Å². The highest BCUT2D eigenvalue weighted by atomic mass is 16.4. The average Bonchev–Trinajstić information content (AvgIpc) is 2.66. The van der Waals surface area contributed by atoms with Gasteiger partial charge in [-0.25, -0.2) is 4.98 Å². The number of carbonyl (C=O) groups excluding carboxylic acids is 1. The Bertz CT molecular complexity index is 357. The van der Waals surface area contributed by atoms with Gasteiger partial charge in [0.15, 0.2) is 0 Å². The van der Waals surface area contributed by atoms with E-state index < -0.39 is 17.3 Å². The number of rotatable bonds is 4. The predicted molar refractivity (Wildman–Crippen MR) is 51.9 cm³/mol. The molecule has 0 spiro atoms. The van der Waals surface area contributed by atoms with Crippen LogP contribution in [0.25, 0.3) is 0 Å². The quantitative estimate of drug-likeness (QED) is 0.617. The molecular weight excluding hydrogens is 198 g/mol. The molecule has 0 bridgehead atoms. The van der Waals surface area contributed by atoms with E-state index in [1.807, 2.05) is 0 Å². The molecule has 1 aromatic heterocycles. The smallest absolute Gasteiger partial charge is 0.318 e. The van der Waals surface area contributed by atoms with E-state index in [4.69, 9.17) is 5.11 Å². The van der Waals surface area contributed by atoms with Crippen molar-refractivity contribution in [3.8, 4) is 0 Å². The fraction of sp³-hybridized carbons (Fsp3) is 0.444. The molecule has 15 heavy (non-hydrogen) atoms. The number of carboxylic acid groups (broad SMARTS) is 1. The van der Waals surface area contributed by atoms with Crippen molar-refractivity contribution in [2.45, 2.75) is 20.4 Å². The van der Waals surface area contributed by atoms with Crippen LogP contribution in [-0.2, 0) is 16.1 Å². The third-order valence-electron chi connectivity index (χ3n) is 2.10. The lowest BCUT2D eigenvalue weighted by molar-refractivity contribution is -0.153. The summed E-state index contributed by atoms with van der Waals surface area (Å²) in [7, 11) is 0. The number of aliphatic carboxylic acids is 1. The zero-order valence-corrected chi connectivity index (χ0v) is 8.57. The van der Waals surface area contributed by atoms with Gasteiger partial charge in [-0.3, -0.25) is 9.59 Å². The lowest BCUT2D eigenvalue weighted by atomic mass is 9.93. The number of aromatic nitrogens is 2. The highest BCUT2D eigenvalue weighted by Gasteiger charge is 2.35. The Kier molecular flexibility index (Phi) is 3.08. The van der Waals surface area contributed by atoms with Gasteiger partial charge in [0.25, 0.3) is 0 Å². The number of carboxylic acids is 1. The summed E-state index contributed by atoms with van der Waals surface area (Å²) < 4.78 is 0. The lowest BCUT2D eigenvalue weighted by Crippen LogP contribution is -2.42. The number of aromatic amines is 1. The van der Waals surface area contributed by atoms with E-state index in [1.165, 1.54) is 20.2 Å². The number of nitrogens with one attached hydrogen (secondary N) is 2. The number of nitrogens with zero attached hydrogens (tertiary/aromatic N) is 1. The van der Waals surface area contributed by atoms with Gasteiger partial charge in [-0.1, -0.05) is 0 Å². The molecule has 0 atom stereocenters. The Balaban J connectivity index is 2.53. The van der Waals surface area contributed by atoms with Crippen molar-refractivity contribution >= 4 is 11.9 Å². The fourth-order valence-corrected chi connectivity index (χ4v) is 0.875. The predicted octanol–water partition coefficient (Wildman–Crippen LogP) is 0.137. The first-order valence-electron chi connectivity index (χ1n) is 4.43. The summed E-state index contributed by atoms with van der Waals surface area (Å²) >= 11 is 0. The van der Waals surface area contributed by atoms with Gasteiger partial charge >= 0.3 is 5.97 Å². The van der Waals surface area contributed by atoms with Crippen molar-refractivity contribution < 1.29 is 14.7 Å². The van der Waals surface area contributed by atoms with Gasteiger partial charge in [0.1, 0.15) is 5.41 Å². The first-order valence-corrected chi connectivity index (χ1v) is 4.43. The molecule has 0 saturated heterocycles. The number of imidazole rings is 1. The van der Waals surface area contributed by atoms with Crippen LogP contribution in [0.4, 0.5) is 0 Å². The maximum absolute atomic E-state index is 11.5. The first-order chi connectivity index (χ1) is 6.94. The van der Waals surface area contributed by atoms with Crippen molar-refractivity contribution in [2.24, 2.45) is 5.41 Å². The number of H-pyrrole nitrogens is 1. The van der Waals surface area contributed by atoms with Gasteiger partial charge < -0.3 is 15.4 Å². The van der Waals surface area contributed by atoms with Crippen LogP contribution in [0.1, 0.15) is 19.5 Å². The van der Waals surface area contributed by atoms with E-state index in [1.54, 1.807) is 6.20 Å². The first kappa shape index (κ1) is 11.2. The molecule has 6 nitrogen and oxygen atoms in total. The molecule has 0 unspecified atom stereocenters. The number of hydrogen-bond donors (Lipinski definition) is 3. The summed E-state index contributed by atoms with van der Waals surface area (Å²) in [4.78, 5) is 28.8. The van der Waals surface area contributed by atoms with Gasteiger partial charge in [-0.05, 0) is 13.8 Å². The average molecular weight is 211 g/mol. The van der Waals surface area contributed by atoms with Crippen LogP contribution in [0.3, 0.4) is 0 Å². The Morgan fingerprint density at radius 2 is 2.27 bits per heavy atom. The Hall–Kier alpha value is -1.85. The molecule has 3 N–H and O–H groups in total. The zero-order chi connectivity index (χ0) is 11.5. The van der Waals surface area contributed by atoms with Crippen LogP contribution in [0.2, 0.25) is 0 Å². The Labute approximate surface area is 86.7 Å². The van der Waals surface area contributed by atoms with Crippen molar-refractivity contribution in [3.05, 3.63) is 18.2 Å². The second-order valence-corrected chi connectivity index (χ2v) is 3.69. The van der Waals surface area contributed by atoms with E-state index in [9.17, 15) is 9.59 Å². The highest BCUT2D eigenvalue weighted by molar-refractivity contribution is 6.00. The van der Waals surface area contributed by atoms with Gasteiger partial charge in [-0.15, -0.1) is 0 Å². The molecule has 0 aromatic carbocycles. The van der Waals surface area contributed by atoms with Crippen LogP contribution < -0.4 is 5.32 Å². The molecule has 6 heteroatoms. The van der Waals surface area contributed by atoms with Crippen LogP contribution in [0, 0.1) is 5.41 Å². The molecule has 0 saturated carbocycles. The van der Waals surface area contributed by atoms with Crippen molar-refractivity contribution in [3.63, 3.8) is 0 Å². The third-order valence-corrected chi connectivity index (χ3v) is 2.10.